The molecule has 0 unspecified atom stereocenters. The van der Waals surface area contributed by atoms with Crippen LogP contribution in [0, 0.1) is 10.1 Å². The van der Waals surface area contributed by atoms with Crippen molar-refractivity contribution in [2.24, 2.45) is 0 Å². The number of nitro groups is 1. The normalized spacial score (nSPS) is 10.3. The van der Waals surface area contributed by atoms with Crippen LogP contribution in [0.25, 0.3) is 11.1 Å². The summed E-state index contributed by atoms with van der Waals surface area (Å²) in [6, 6.07) is 10.8. The van der Waals surface area contributed by atoms with Crippen LogP contribution >= 0.6 is 11.3 Å². The summed E-state index contributed by atoms with van der Waals surface area (Å²) in [4.78, 5) is 39.5. The number of aromatic nitrogens is 1. The van der Waals surface area contributed by atoms with E-state index >= 15 is 0 Å². The van der Waals surface area contributed by atoms with Crippen molar-refractivity contribution in [2.45, 2.75) is 6.92 Å². The molecule has 0 spiro atoms. The fourth-order valence-corrected chi connectivity index (χ4v) is 3.47. The molecule has 0 fully saturated rings. The van der Waals surface area contributed by atoms with Gasteiger partial charge in [-0.2, -0.15) is 0 Å². The van der Waals surface area contributed by atoms with Crippen molar-refractivity contribution in [2.75, 3.05) is 11.9 Å². The molecule has 2 heterocycles. The van der Waals surface area contributed by atoms with Gasteiger partial charge in [-0.25, -0.2) is 4.79 Å². The molecular weight excluding hydrogens is 382 g/mol. The largest absolute Gasteiger partial charge is 0.462 e. The maximum atomic E-state index is 12.5. The van der Waals surface area contributed by atoms with Crippen molar-refractivity contribution in [3.05, 3.63) is 75.4 Å². The molecule has 1 amide bonds. The van der Waals surface area contributed by atoms with Gasteiger partial charge in [-0.1, -0.05) is 18.2 Å². The van der Waals surface area contributed by atoms with Crippen molar-refractivity contribution >= 4 is 33.9 Å². The van der Waals surface area contributed by atoms with Crippen LogP contribution in [-0.4, -0.2) is 28.4 Å². The average Bonchev–Trinajstić information content (AvgIpc) is 3.12. The fourth-order valence-electron chi connectivity index (χ4n) is 2.52. The number of rotatable bonds is 6. The number of pyridine rings is 1. The highest BCUT2D eigenvalue weighted by Crippen LogP contribution is 2.37. The Morgan fingerprint density at radius 3 is 2.75 bits per heavy atom. The quantitative estimate of drug-likeness (QED) is 0.380. The average molecular weight is 397 g/mol. The summed E-state index contributed by atoms with van der Waals surface area (Å²) in [6.45, 7) is 1.82. The highest BCUT2D eigenvalue weighted by molar-refractivity contribution is 7.15. The van der Waals surface area contributed by atoms with Crippen LogP contribution in [-0.2, 0) is 4.74 Å². The lowest BCUT2D eigenvalue weighted by Crippen LogP contribution is -2.15. The van der Waals surface area contributed by atoms with Crippen molar-refractivity contribution < 1.29 is 19.2 Å². The summed E-state index contributed by atoms with van der Waals surface area (Å²) >= 11 is 1.13. The lowest BCUT2D eigenvalue weighted by molar-refractivity contribution is -0.384. The van der Waals surface area contributed by atoms with Gasteiger partial charge in [0.05, 0.1) is 11.5 Å². The third-order valence-electron chi connectivity index (χ3n) is 3.76. The molecule has 0 atom stereocenters. The zero-order chi connectivity index (χ0) is 20.1. The second kappa shape index (κ2) is 8.40. The van der Waals surface area contributed by atoms with Gasteiger partial charge in [0.25, 0.3) is 11.6 Å². The van der Waals surface area contributed by atoms with E-state index in [0.29, 0.717) is 11.1 Å². The first-order chi connectivity index (χ1) is 13.5. The van der Waals surface area contributed by atoms with Gasteiger partial charge in [0.1, 0.15) is 16.3 Å². The lowest BCUT2D eigenvalue weighted by atomic mass is 10.0. The van der Waals surface area contributed by atoms with Crippen LogP contribution < -0.4 is 5.32 Å². The number of nitrogens with one attached hydrogen (secondary N) is 1. The first-order valence-corrected chi connectivity index (χ1v) is 9.15. The van der Waals surface area contributed by atoms with Gasteiger partial charge in [-0.3, -0.25) is 19.9 Å². The van der Waals surface area contributed by atoms with E-state index in [2.05, 4.69) is 10.3 Å². The number of nitrogens with zero attached hydrogens (tertiary/aromatic N) is 2. The number of esters is 1. The Bertz CT molecular complexity index is 1030. The highest BCUT2D eigenvalue weighted by Gasteiger charge is 2.24. The van der Waals surface area contributed by atoms with Gasteiger partial charge in [0, 0.05) is 29.3 Å². The third-order valence-corrected chi connectivity index (χ3v) is 4.66. The zero-order valence-electron chi connectivity index (χ0n) is 14.7. The van der Waals surface area contributed by atoms with Gasteiger partial charge < -0.3 is 10.1 Å². The molecule has 28 heavy (non-hydrogen) atoms. The standard InChI is InChI=1S/C19H15N3O5S/c1-2-27-19(24)16-14(12-6-5-7-13(10-12)22(25)26)11-28-18(16)21-17(23)15-8-3-4-9-20-15/h3-11H,2H2,1H3,(H,21,23). The molecule has 9 heteroatoms. The highest BCUT2D eigenvalue weighted by atomic mass is 32.1. The van der Waals surface area contributed by atoms with Crippen molar-refractivity contribution in [3.8, 4) is 11.1 Å². The Morgan fingerprint density at radius 2 is 2.07 bits per heavy atom. The summed E-state index contributed by atoms with van der Waals surface area (Å²) in [6.07, 6.45) is 1.49. The van der Waals surface area contributed by atoms with Crippen LogP contribution in [0.3, 0.4) is 0 Å². The molecule has 2 aromatic heterocycles. The second-order valence-electron chi connectivity index (χ2n) is 5.55. The van der Waals surface area contributed by atoms with E-state index in [9.17, 15) is 19.7 Å². The van der Waals surface area contributed by atoms with Gasteiger partial charge in [0.2, 0.25) is 0 Å². The molecule has 142 valence electrons. The van der Waals surface area contributed by atoms with Crippen molar-refractivity contribution in [3.63, 3.8) is 0 Å². The lowest BCUT2D eigenvalue weighted by Gasteiger charge is -2.08. The molecule has 0 saturated carbocycles. The van der Waals surface area contributed by atoms with E-state index in [-0.39, 0.29) is 28.6 Å². The number of hydrogen-bond donors (Lipinski definition) is 1. The smallest absolute Gasteiger partial charge is 0.341 e. The summed E-state index contributed by atoms with van der Waals surface area (Å²) in [7, 11) is 0. The molecule has 0 aliphatic heterocycles. The number of carbonyl (C=O) groups excluding carboxylic acids is 2. The fraction of sp³-hybridized carbons (Fsp3) is 0.105. The first kappa shape index (κ1) is 19.2. The molecule has 0 aliphatic rings. The summed E-state index contributed by atoms with van der Waals surface area (Å²) in [5.74, 6) is -1.10. The summed E-state index contributed by atoms with van der Waals surface area (Å²) in [5.41, 5.74) is 1.17. The molecule has 3 aromatic rings. The topological polar surface area (TPSA) is 111 Å². The van der Waals surface area contributed by atoms with E-state index < -0.39 is 16.8 Å². The van der Waals surface area contributed by atoms with Crippen LogP contribution in [0.4, 0.5) is 10.7 Å². The Kier molecular flexibility index (Phi) is 5.75. The molecule has 0 bridgehead atoms. The molecule has 0 aliphatic carbocycles. The minimum atomic E-state index is -0.624. The predicted molar refractivity (Wildman–Crippen MR) is 105 cm³/mol. The summed E-state index contributed by atoms with van der Waals surface area (Å²) in [5, 5.41) is 15.7. The number of carbonyl (C=O) groups is 2. The molecular formula is C19H15N3O5S. The van der Waals surface area contributed by atoms with E-state index in [0.717, 1.165) is 11.3 Å². The number of amides is 1. The molecule has 1 aromatic carbocycles. The minimum absolute atomic E-state index is 0.0995. The Balaban J connectivity index is 2.02. The van der Waals surface area contributed by atoms with E-state index in [1.54, 1.807) is 36.6 Å². The van der Waals surface area contributed by atoms with Crippen LogP contribution in [0.5, 0.6) is 0 Å². The van der Waals surface area contributed by atoms with Crippen LogP contribution in [0.1, 0.15) is 27.8 Å². The second-order valence-corrected chi connectivity index (χ2v) is 6.43. The van der Waals surface area contributed by atoms with Gasteiger partial charge in [0.15, 0.2) is 0 Å². The SMILES string of the molecule is CCOC(=O)c1c(-c2cccc([N+](=O)[O-])c2)csc1NC(=O)c1ccccn1. The van der Waals surface area contributed by atoms with E-state index in [4.69, 9.17) is 4.74 Å². The number of nitro benzene ring substituents is 1. The number of non-ortho nitro benzene ring substituents is 1. The minimum Gasteiger partial charge on any atom is -0.462 e. The maximum Gasteiger partial charge on any atom is 0.341 e. The Morgan fingerprint density at radius 1 is 1.25 bits per heavy atom. The summed E-state index contributed by atoms with van der Waals surface area (Å²) < 4.78 is 5.12. The van der Waals surface area contributed by atoms with Gasteiger partial charge >= 0.3 is 5.97 Å². The number of thiophene rings is 1. The molecule has 0 radical (unpaired) electrons. The Labute approximate surface area is 164 Å². The Hall–Kier alpha value is -3.59. The van der Waals surface area contributed by atoms with Crippen LogP contribution in [0.15, 0.2) is 54.0 Å². The number of ether oxygens (including phenoxy) is 1. The van der Waals surface area contributed by atoms with Gasteiger partial charge in [-0.05, 0) is 24.6 Å². The van der Waals surface area contributed by atoms with Crippen molar-refractivity contribution in [1.82, 2.24) is 4.98 Å². The first-order valence-electron chi connectivity index (χ1n) is 8.27. The van der Waals surface area contributed by atoms with E-state index in [1.807, 2.05) is 0 Å². The monoisotopic (exact) mass is 397 g/mol. The third kappa shape index (κ3) is 4.04. The molecule has 3 rings (SSSR count). The zero-order valence-corrected chi connectivity index (χ0v) is 15.6. The van der Waals surface area contributed by atoms with Gasteiger partial charge in [-0.15, -0.1) is 11.3 Å². The molecule has 0 saturated heterocycles. The van der Waals surface area contributed by atoms with Crippen LogP contribution in [0.2, 0.25) is 0 Å². The molecule has 8 nitrogen and oxygen atoms in total. The maximum absolute atomic E-state index is 12.5. The molecule has 1 N–H and O–H groups in total. The number of benzene rings is 1. The van der Waals surface area contributed by atoms with E-state index in [1.165, 1.54) is 24.4 Å². The van der Waals surface area contributed by atoms with Crippen molar-refractivity contribution in [1.29, 1.82) is 0 Å². The number of hydrogen-bond acceptors (Lipinski definition) is 7. The predicted octanol–water partition coefficient (Wildman–Crippen LogP) is 4.15. The number of anilines is 1.